The first kappa shape index (κ1) is 22.5. The summed E-state index contributed by atoms with van der Waals surface area (Å²) in [6.07, 6.45) is 2.00. The van der Waals surface area contributed by atoms with E-state index in [2.05, 4.69) is 28.0 Å². The maximum Gasteiger partial charge on any atom is 0.167 e. The van der Waals surface area contributed by atoms with E-state index >= 15 is 0 Å². The Bertz CT molecular complexity index is 792. The molecule has 28 heavy (non-hydrogen) atoms. The van der Waals surface area contributed by atoms with Crippen molar-refractivity contribution in [3.63, 3.8) is 0 Å². The van der Waals surface area contributed by atoms with Gasteiger partial charge in [0.1, 0.15) is 5.75 Å². The minimum atomic E-state index is 0. The quantitative estimate of drug-likeness (QED) is 0.741. The maximum atomic E-state index is 12.8. The third-order valence-electron chi connectivity index (χ3n) is 5.69. The Morgan fingerprint density at radius 3 is 2.39 bits per heavy atom. The first-order chi connectivity index (χ1) is 12.8. The number of ketones is 1. The van der Waals surface area contributed by atoms with Gasteiger partial charge in [0.25, 0.3) is 0 Å². The SMILES string of the molecule is COc1ccccc1N1CCN(CC2CCc3ccccc3C2=O)CC1.Cl.Cl. The van der Waals surface area contributed by atoms with Gasteiger partial charge in [-0.3, -0.25) is 9.69 Å². The van der Waals surface area contributed by atoms with Crippen LogP contribution >= 0.6 is 24.8 Å². The summed E-state index contributed by atoms with van der Waals surface area (Å²) >= 11 is 0. The lowest BCUT2D eigenvalue weighted by Crippen LogP contribution is -2.49. The number of anilines is 1. The van der Waals surface area contributed by atoms with Crippen molar-refractivity contribution in [1.82, 2.24) is 4.90 Å². The molecule has 4 rings (SSSR count). The van der Waals surface area contributed by atoms with Crippen LogP contribution in [0, 0.1) is 5.92 Å². The van der Waals surface area contributed by atoms with Crippen molar-refractivity contribution in [3.8, 4) is 5.75 Å². The average molecular weight is 423 g/mol. The third kappa shape index (κ3) is 4.62. The standard InChI is InChI=1S/C22H26N2O2.2ClH/c1-26-21-9-5-4-8-20(21)24-14-12-23(13-15-24)16-18-11-10-17-6-2-3-7-19(17)22(18)25;;/h2-9,18H,10-16H2,1H3;2*1H. The van der Waals surface area contributed by atoms with Gasteiger partial charge in [-0.25, -0.2) is 0 Å². The first-order valence-corrected chi connectivity index (χ1v) is 9.48. The van der Waals surface area contributed by atoms with Gasteiger partial charge in [0.2, 0.25) is 0 Å². The van der Waals surface area contributed by atoms with Crippen LogP contribution in [0.4, 0.5) is 5.69 Å². The highest BCUT2D eigenvalue weighted by molar-refractivity contribution is 6.00. The van der Waals surface area contributed by atoms with Crippen molar-refractivity contribution in [2.75, 3.05) is 44.7 Å². The van der Waals surface area contributed by atoms with Crippen LogP contribution in [-0.2, 0) is 6.42 Å². The maximum absolute atomic E-state index is 12.8. The van der Waals surface area contributed by atoms with Gasteiger partial charge in [-0.15, -0.1) is 24.8 Å². The monoisotopic (exact) mass is 422 g/mol. The molecular weight excluding hydrogens is 395 g/mol. The largest absolute Gasteiger partial charge is 0.495 e. The number of methoxy groups -OCH3 is 1. The number of halogens is 2. The number of carbonyl (C=O) groups excluding carboxylic acids is 1. The van der Waals surface area contributed by atoms with Gasteiger partial charge in [-0.2, -0.15) is 0 Å². The van der Waals surface area contributed by atoms with Crippen molar-refractivity contribution < 1.29 is 9.53 Å². The smallest absolute Gasteiger partial charge is 0.167 e. The second-order valence-electron chi connectivity index (χ2n) is 7.22. The Labute approximate surface area is 179 Å². The van der Waals surface area contributed by atoms with E-state index in [1.54, 1.807) is 7.11 Å². The fraction of sp³-hybridized carbons (Fsp3) is 0.409. The number of fused-ring (bicyclic) bond motifs is 1. The molecule has 1 heterocycles. The number of nitrogens with zero attached hydrogens (tertiary/aromatic N) is 2. The summed E-state index contributed by atoms with van der Waals surface area (Å²) in [6, 6.07) is 16.3. The molecule has 0 aromatic heterocycles. The minimum Gasteiger partial charge on any atom is -0.495 e. The number of benzene rings is 2. The predicted octanol–water partition coefficient (Wildman–Crippen LogP) is 4.11. The van der Waals surface area contributed by atoms with Gasteiger partial charge in [0.15, 0.2) is 5.78 Å². The van der Waals surface area contributed by atoms with Crippen molar-refractivity contribution >= 4 is 36.3 Å². The molecular formula is C22H28Cl2N2O2. The van der Waals surface area contributed by atoms with E-state index in [9.17, 15) is 4.79 Å². The lowest BCUT2D eigenvalue weighted by molar-refractivity contribution is 0.0854. The molecule has 0 radical (unpaired) electrons. The lowest BCUT2D eigenvalue weighted by Gasteiger charge is -2.38. The molecule has 0 spiro atoms. The van der Waals surface area contributed by atoms with E-state index in [4.69, 9.17) is 4.74 Å². The molecule has 1 atom stereocenters. The van der Waals surface area contributed by atoms with Crippen molar-refractivity contribution in [2.24, 2.45) is 5.92 Å². The lowest BCUT2D eigenvalue weighted by atomic mass is 9.82. The van der Waals surface area contributed by atoms with Gasteiger partial charge < -0.3 is 9.64 Å². The number of hydrogen-bond donors (Lipinski definition) is 0. The average Bonchev–Trinajstić information content (AvgIpc) is 2.71. The van der Waals surface area contributed by atoms with Crippen LogP contribution in [0.15, 0.2) is 48.5 Å². The van der Waals surface area contributed by atoms with E-state index in [0.29, 0.717) is 5.78 Å². The highest BCUT2D eigenvalue weighted by atomic mass is 35.5. The van der Waals surface area contributed by atoms with Gasteiger partial charge in [0, 0.05) is 44.2 Å². The number of para-hydroxylation sites is 2. The van der Waals surface area contributed by atoms with Gasteiger partial charge in [0.05, 0.1) is 12.8 Å². The third-order valence-corrected chi connectivity index (χ3v) is 5.69. The highest BCUT2D eigenvalue weighted by Crippen LogP contribution is 2.29. The zero-order valence-corrected chi connectivity index (χ0v) is 17.8. The fourth-order valence-corrected chi connectivity index (χ4v) is 4.21. The van der Waals surface area contributed by atoms with E-state index in [0.717, 1.165) is 62.6 Å². The number of carbonyl (C=O) groups is 1. The molecule has 0 amide bonds. The summed E-state index contributed by atoms with van der Waals surface area (Å²) in [6.45, 7) is 4.80. The second-order valence-corrected chi connectivity index (χ2v) is 7.22. The van der Waals surface area contributed by atoms with Crippen molar-refractivity contribution in [2.45, 2.75) is 12.8 Å². The molecule has 1 fully saturated rings. The second kappa shape index (κ2) is 10.1. The topological polar surface area (TPSA) is 32.8 Å². The number of piperazine rings is 1. The van der Waals surface area contributed by atoms with Crippen LogP contribution in [-0.4, -0.2) is 50.5 Å². The highest BCUT2D eigenvalue weighted by Gasteiger charge is 2.30. The molecule has 4 nitrogen and oxygen atoms in total. The molecule has 1 aliphatic heterocycles. The van der Waals surface area contributed by atoms with E-state index < -0.39 is 0 Å². The molecule has 2 aromatic carbocycles. The normalized spacial score (nSPS) is 19.2. The molecule has 152 valence electrons. The number of ether oxygens (including phenoxy) is 1. The van der Waals surface area contributed by atoms with Crippen LogP contribution in [0.25, 0.3) is 0 Å². The summed E-state index contributed by atoms with van der Waals surface area (Å²) in [5, 5.41) is 0. The van der Waals surface area contributed by atoms with Gasteiger partial charge in [-0.1, -0.05) is 36.4 Å². The van der Waals surface area contributed by atoms with E-state index in [1.165, 1.54) is 5.56 Å². The number of aryl methyl sites for hydroxylation is 1. The Morgan fingerprint density at radius 2 is 1.64 bits per heavy atom. The van der Waals surface area contributed by atoms with Gasteiger partial charge in [-0.05, 0) is 30.5 Å². The summed E-state index contributed by atoms with van der Waals surface area (Å²) in [4.78, 5) is 17.6. The number of rotatable bonds is 4. The van der Waals surface area contributed by atoms with Crippen LogP contribution in [0.1, 0.15) is 22.3 Å². The number of hydrogen-bond acceptors (Lipinski definition) is 4. The molecule has 1 aliphatic carbocycles. The van der Waals surface area contributed by atoms with E-state index in [-0.39, 0.29) is 30.7 Å². The summed E-state index contributed by atoms with van der Waals surface area (Å²) in [5.41, 5.74) is 3.32. The zero-order chi connectivity index (χ0) is 17.9. The zero-order valence-electron chi connectivity index (χ0n) is 16.2. The fourth-order valence-electron chi connectivity index (χ4n) is 4.21. The number of Topliss-reactive ketones (excluding diaryl/α,β-unsaturated/α-hetero) is 1. The molecule has 1 unspecified atom stereocenters. The molecule has 0 N–H and O–H groups in total. The molecule has 6 heteroatoms. The van der Waals surface area contributed by atoms with Crippen LogP contribution < -0.4 is 9.64 Å². The van der Waals surface area contributed by atoms with Crippen molar-refractivity contribution in [1.29, 1.82) is 0 Å². The molecule has 0 saturated carbocycles. The van der Waals surface area contributed by atoms with Crippen molar-refractivity contribution in [3.05, 3.63) is 59.7 Å². The minimum absolute atomic E-state index is 0. The Morgan fingerprint density at radius 1 is 0.964 bits per heavy atom. The summed E-state index contributed by atoms with van der Waals surface area (Å²) < 4.78 is 5.49. The summed E-state index contributed by atoms with van der Waals surface area (Å²) in [5.74, 6) is 1.40. The van der Waals surface area contributed by atoms with Crippen LogP contribution in [0.2, 0.25) is 0 Å². The van der Waals surface area contributed by atoms with Crippen LogP contribution in [0.5, 0.6) is 5.75 Å². The van der Waals surface area contributed by atoms with Gasteiger partial charge >= 0.3 is 0 Å². The Kier molecular flexibility index (Phi) is 8.17. The Hall–Kier alpha value is -1.75. The molecule has 2 aromatic rings. The van der Waals surface area contributed by atoms with Crippen LogP contribution in [0.3, 0.4) is 0 Å². The molecule has 1 saturated heterocycles. The molecule has 2 aliphatic rings. The first-order valence-electron chi connectivity index (χ1n) is 9.48. The molecule has 0 bridgehead atoms. The van der Waals surface area contributed by atoms with E-state index in [1.807, 2.05) is 30.3 Å². The Balaban J connectivity index is 0.00000140. The summed E-state index contributed by atoms with van der Waals surface area (Å²) in [7, 11) is 1.72. The predicted molar refractivity (Wildman–Crippen MR) is 119 cm³/mol.